The number of aryl methyl sites for hydroxylation is 1. The standard InChI is InChI=1S/C14H15NO5S/c1-11-3-5-12(6-4-11)21(18,19)20-10-2-9-15-13(16)7-8-14(15)17/h3-8H,2,9-10H2,1H3. The predicted molar refractivity (Wildman–Crippen MR) is 74.8 cm³/mol. The van der Waals surface area contributed by atoms with Crippen molar-refractivity contribution < 1.29 is 22.2 Å². The maximum atomic E-state index is 11.9. The van der Waals surface area contributed by atoms with E-state index in [2.05, 4.69) is 0 Å². The van der Waals surface area contributed by atoms with Gasteiger partial charge in [-0.1, -0.05) is 17.7 Å². The summed E-state index contributed by atoms with van der Waals surface area (Å²) < 4.78 is 28.7. The molecule has 21 heavy (non-hydrogen) atoms. The summed E-state index contributed by atoms with van der Waals surface area (Å²) in [4.78, 5) is 23.7. The molecule has 1 aromatic carbocycles. The third-order valence-electron chi connectivity index (χ3n) is 2.97. The van der Waals surface area contributed by atoms with Gasteiger partial charge in [-0.15, -0.1) is 0 Å². The summed E-state index contributed by atoms with van der Waals surface area (Å²) >= 11 is 0. The summed E-state index contributed by atoms with van der Waals surface area (Å²) in [5.74, 6) is -0.775. The monoisotopic (exact) mass is 309 g/mol. The normalized spacial score (nSPS) is 15.0. The molecule has 0 saturated heterocycles. The molecule has 1 aliphatic rings. The van der Waals surface area contributed by atoms with Crippen LogP contribution in [0, 0.1) is 6.92 Å². The highest BCUT2D eigenvalue weighted by Crippen LogP contribution is 2.13. The zero-order valence-corrected chi connectivity index (χ0v) is 12.3. The summed E-state index contributed by atoms with van der Waals surface area (Å²) in [7, 11) is -3.80. The number of carbonyl (C=O) groups excluding carboxylic acids is 2. The first kappa shape index (κ1) is 15.4. The zero-order valence-electron chi connectivity index (χ0n) is 11.5. The second kappa shape index (κ2) is 6.19. The third kappa shape index (κ3) is 3.77. The van der Waals surface area contributed by atoms with E-state index in [1.54, 1.807) is 12.1 Å². The van der Waals surface area contributed by atoms with Crippen LogP contribution in [0.2, 0.25) is 0 Å². The second-order valence-corrected chi connectivity index (χ2v) is 6.22. The van der Waals surface area contributed by atoms with Crippen molar-refractivity contribution in [2.45, 2.75) is 18.2 Å². The lowest BCUT2D eigenvalue weighted by Gasteiger charge is -2.13. The first-order valence-electron chi connectivity index (χ1n) is 6.40. The smallest absolute Gasteiger partial charge is 0.275 e. The van der Waals surface area contributed by atoms with Crippen LogP contribution < -0.4 is 0 Å². The van der Waals surface area contributed by atoms with Gasteiger partial charge in [-0.2, -0.15) is 8.42 Å². The lowest BCUT2D eigenvalue weighted by Crippen LogP contribution is -2.31. The van der Waals surface area contributed by atoms with E-state index in [0.717, 1.165) is 10.5 Å². The maximum Gasteiger partial charge on any atom is 0.296 e. The average Bonchev–Trinajstić information content (AvgIpc) is 2.75. The maximum absolute atomic E-state index is 11.9. The van der Waals surface area contributed by atoms with Gasteiger partial charge in [-0.25, -0.2) is 0 Å². The molecule has 1 aromatic rings. The van der Waals surface area contributed by atoms with Crippen molar-refractivity contribution in [2.75, 3.05) is 13.2 Å². The Morgan fingerprint density at radius 1 is 1.05 bits per heavy atom. The van der Waals surface area contributed by atoms with E-state index >= 15 is 0 Å². The molecule has 6 nitrogen and oxygen atoms in total. The lowest BCUT2D eigenvalue weighted by atomic mass is 10.2. The number of hydrogen-bond acceptors (Lipinski definition) is 5. The molecular formula is C14H15NO5S. The van der Waals surface area contributed by atoms with Crippen LogP contribution >= 0.6 is 0 Å². The van der Waals surface area contributed by atoms with Crippen molar-refractivity contribution in [3.63, 3.8) is 0 Å². The molecule has 0 bridgehead atoms. The van der Waals surface area contributed by atoms with Gasteiger partial charge < -0.3 is 0 Å². The summed E-state index contributed by atoms with van der Waals surface area (Å²) in [6, 6.07) is 6.32. The molecule has 0 N–H and O–H groups in total. The topological polar surface area (TPSA) is 80.8 Å². The van der Waals surface area contributed by atoms with Crippen LogP contribution in [0.3, 0.4) is 0 Å². The Kier molecular flexibility index (Phi) is 4.54. The van der Waals surface area contributed by atoms with Gasteiger partial charge >= 0.3 is 0 Å². The lowest BCUT2D eigenvalue weighted by molar-refractivity contribution is -0.136. The summed E-state index contributed by atoms with van der Waals surface area (Å²) in [5.41, 5.74) is 0.951. The molecule has 0 radical (unpaired) electrons. The number of nitrogens with zero attached hydrogens (tertiary/aromatic N) is 1. The average molecular weight is 309 g/mol. The van der Waals surface area contributed by atoms with Crippen molar-refractivity contribution in [2.24, 2.45) is 0 Å². The molecule has 112 valence electrons. The van der Waals surface area contributed by atoms with Crippen LogP contribution in [0.4, 0.5) is 0 Å². The fourth-order valence-corrected chi connectivity index (χ4v) is 2.76. The Morgan fingerprint density at radius 3 is 2.19 bits per heavy atom. The van der Waals surface area contributed by atoms with Gasteiger partial charge in [-0.05, 0) is 25.5 Å². The van der Waals surface area contributed by atoms with E-state index < -0.39 is 10.1 Å². The van der Waals surface area contributed by atoms with E-state index in [4.69, 9.17) is 4.18 Å². The first-order valence-corrected chi connectivity index (χ1v) is 7.80. The molecule has 2 amide bonds. The van der Waals surface area contributed by atoms with Crippen LogP contribution in [0.15, 0.2) is 41.3 Å². The minimum Gasteiger partial charge on any atom is -0.275 e. The SMILES string of the molecule is Cc1ccc(S(=O)(=O)OCCCN2C(=O)C=CC2=O)cc1. The summed E-state index contributed by atoms with van der Waals surface area (Å²) in [5, 5.41) is 0. The number of benzene rings is 1. The van der Waals surface area contributed by atoms with Gasteiger partial charge in [0.05, 0.1) is 11.5 Å². The van der Waals surface area contributed by atoms with E-state index in [9.17, 15) is 18.0 Å². The van der Waals surface area contributed by atoms with E-state index in [0.29, 0.717) is 0 Å². The van der Waals surface area contributed by atoms with Gasteiger partial charge in [0, 0.05) is 18.7 Å². The fraction of sp³-hybridized carbons (Fsp3) is 0.286. The number of hydrogen-bond donors (Lipinski definition) is 0. The fourth-order valence-electron chi connectivity index (χ4n) is 1.82. The highest BCUT2D eigenvalue weighted by Gasteiger charge is 2.23. The van der Waals surface area contributed by atoms with Gasteiger partial charge in [0.25, 0.3) is 21.9 Å². The van der Waals surface area contributed by atoms with Crippen molar-refractivity contribution in [1.82, 2.24) is 4.90 Å². The molecule has 0 spiro atoms. The number of amides is 2. The van der Waals surface area contributed by atoms with Crippen LogP contribution in [0.25, 0.3) is 0 Å². The van der Waals surface area contributed by atoms with Gasteiger partial charge in [0.2, 0.25) is 0 Å². The Morgan fingerprint density at radius 2 is 1.62 bits per heavy atom. The minimum absolute atomic E-state index is 0.0862. The van der Waals surface area contributed by atoms with Crippen LogP contribution in [-0.2, 0) is 23.9 Å². The molecule has 0 saturated carbocycles. The molecule has 0 aliphatic carbocycles. The molecule has 0 unspecified atom stereocenters. The highest BCUT2D eigenvalue weighted by atomic mass is 32.2. The molecule has 1 aliphatic heterocycles. The molecule has 2 rings (SSSR count). The molecule has 0 fully saturated rings. The van der Waals surface area contributed by atoms with E-state index in [-0.39, 0.29) is 36.3 Å². The second-order valence-electron chi connectivity index (χ2n) is 4.60. The van der Waals surface area contributed by atoms with Crippen LogP contribution in [-0.4, -0.2) is 38.3 Å². The number of imide groups is 1. The van der Waals surface area contributed by atoms with Crippen LogP contribution in [0.1, 0.15) is 12.0 Å². The van der Waals surface area contributed by atoms with Crippen LogP contribution in [0.5, 0.6) is 0 Å². The quantitative estimate of drug-likeness (QED) is 0.445. The Balaban J connectivity index is 1.84. The van der Waals surface area contributed by atoms with Crippen molar-refractivity contribution in [1.29, 1.82) is 0 Å². The first-order chi connectivity index (χ1) is 9.90. The van der Waals surface area contributed by atoms with Gasteiger partial charge in [0.15, 0.2) is 0 Å². The largest absolute Gasteiger partial charge is 0.296 e. The van der Waals surface area contributed by atoms with E-state index in [1.165, 1.54) is 24.3 Å². The van der Waals surface area contributed by atoms with E-state index in [1.807, 2.05) is 6.92 Å². The molecule has 1 heterocycles. The molecule has 0 aromatic heterocycles. The molecule has 7 heteroatoms. The predicted octanol–water partition coefficient (Wildman–Crippen LogP) is 1.02. The van der Waals surface area contributed by atoms with Crippen molar-refractivity contribution in [3.05, 3.63) is 42.0 Å². The Bertz CT molecular complexity index is 658. The third-order valence-corrected chi connectivity index (χ3v) is 4.30. The Hall–Kier alpha value is -1.99. The van der Waals surface area contributed by atoms with Gasteiger partial charge in [-0.3, -0.25) is 18.7 Å². The number of carbonyl (C=O) groups is 2. The molecular weight excluding hydrogens is 294 g/mol. The van der Waals surface area contributed by atoms with Gasteiger partial charge in [0.1, 0.15) is 0 Å². The van der Waals surface area contributed by atoms with Crippen molar-refractivity contribution in [3.8, 4) is 0 Å². The molecule has 0 atom stereocenters. The zero-order chi connectivity index (χ0) is 15.5. The summed E-state index contributed by atoms with van der Waals surface area (Å²) in [6.07, 6.45) is 2.63. The van der Waals surface area contributed by atoms with Crippen molar-refractivity contribution >= 4 is 21.9 Å². The highest BCUT2D eigenvalue weighted by molar-refractivity contribution is 7.86. The number of rotatable bonds is 6. The summed E-state index contributed by atoms with van der Waals surface area (Å²) in [6.45, 7) is 1.90. The Labute approximate surface area is 123 Å². The minimum atomic E-state index is -3.80.